The predicted molar refractivity (Wildman–Crippen MR) is 127 cm³/mol. The molecular weight excluding hydrogens is 412 g/mol. The summed E-state index contributed by atoms with van der Waals surface area (Å²) in [6.07, 6.45) is 5.74. The number of phenolic OH excluding ortho intramolecular Hbond substituents is 1. The first-order valence-electron chi connectivity index (χ1n) is 11.7. The number of nitrogens with zero attached hydrogens (tertiary/aromatic N) is 1. The first-order valence-corrected chi connectivity index (χ1v) is 11.7. The summed E-state index contributed by atoms with van der Waals surface area (Å²) in [5, 5.41) is 13.2. The minimum atomic E-state index is -1.15. The van der Waals surface area contributed by atoms with Crippen molar-refractivity contribution in [1.29, 1.82) is 0 Å². The lowest BCUT2D eigenvalue weighted by Gasteiger charge is -2.42. The highest BCUT2D eigenvalue weighted by atomic mass is 16.3. The maximum atomic E-state index is 13.8. The number of fused-ring (bicyclic) bond motifs is 1. The van der Waals surface area contributed by atoms with Crippen LogP contribution in [0.4, 0.5) is 0 Å². The second kappa shape index (κ2) is 8.74. The molecular formula is C28H28N2O3. The van der Waals surface area contributed by atoms with Gasteiger partial charge in [-0.15, -0.1) is 0 Å². The maximum absolute atomic E-state index is 13.8. The van der Waals surface area contributed by atoms with Crippen LogP contribution in [0.5, 0.6) is 5.75 Å². The predicted octanol–water partition coefficient (Wildman–Crippen LogP) is 5.06. The van der Waals surface area contributed by atoms with E-state index in [0.717, 1.165) is 24.0 Å². The smallest absolute Gasteiger partial charge is 0.256 e. The van der Waals surface area contributed by atoms with Gasteiger partial charge < -0.3 is 15.3 Å². The normalized spacial score (nSPS) is 20.5. The molecule has 5 rings (SSSR count). The fourth-order valence-electron chi connectivity index (χ4n) is 5.32. The summed E-state index contributed by atoms with van der Waals surface area (Å²) < 4.78 is 0. The summed E-state index contributed by atoms with van der Waals surface area (Å²) in [4.78, 5) is 29.1. The second-order valence-electron chi connectivity index (χ2n) is 9.04. The first-order chi connectivity index (χ1) is 16.1. The molecule has 1 fully saturated rings. The van der Waals surface area contributed by atoms with E-state index in [2.05, 4.69) is 5.32 Å². The monoisotopic (exact) mass is 440 g/mol. The average Bonchev–Trinajstić information content (AvgIpc) is 3.09. The summed E-state index contributed by atoms with van der Waals surface area (Å²) in [7, 11) is 0. The third-order valence-corrected chi connectivity index (χ3v) is 6.98. The van der Waals surface area contributed by atoms with Crippen molar-refractivity contribution in [2.45, 2.75) is 37.8 Å². The van der Waals surface area contributed by atoms with E-state index in [0.29, 0.717) is 23.6 Å². The molecule has 2 amide bonds. The fourth-order valence-corrected chi connectivity index (χ4v) is 5.32. The summed E-state index contributed by atoms with van der Waals surface area (Å²) >= 11 is 0. The average molecular weight is 441 g/mol. The maximum Gasteiger partial charge on any atom is 0.256 e. The lowest BCUT2D eigenvalue weighted by molar-refractivity contribution is 0.0445. The highest BCUT2D eigenvalue weighted by molar-refractivity contribution is 6.03. The molecule has 0 spiro atoms. The third-order valence-electron chi connectivity index (χ3n) is 6.98. The number of aromatic hydroxyl groups is 1. The van der Waals surface area contributed by atoms with Crippen LogP contribution in [0.2, 0.25) is 0 Å². The SMILES string of the molecule is O=C(NC1(c2ccc(O)cc2)c2ccccc2C(=O)N1CC1CCCCC1)c1ccccc1. The van der Waals surface area contributed by atoms with Crippen LogP contribution >= 0.6 is 0 Å². The van der Waals surface area contributed by atoms with Gasteiger partial charge in [-0.1, -0.05) is 67.8 Å². The number of carbonyl (C=O) groups is 2. The van der Waals surface area contributed by atoms with Gasteiger partial charge in [0.05, 0.1) is 0 Å². The highest BCUT2D eigenvalue weighted by Crippen LogP contribution is 2.44. The van der Waals surface area contributed by atoms with E-state index in [4.69, 9.17) is 0 Å². The molecule has 0 bridgehead atoms. The molecule has 5 nitrogen and oxygen atoms in total. The molecule has 2 aliphatic rings. The number of rotatable bonds is 5. The Morgan fingerprint density at radius 3 is 2.30 bits per heavy atom. The first kappa shape index (κ1) is 21.3. The number of hydrogen-bond acceptors (Lipinski definition) is 3. The fraction of sp³-hybridized carbons (Fsp3) is 0.286. The van der Waals surface area contributed by atoms with Crippen molar-refractivity contribution in [2.24, 2.45) is 5.92 Å². The molecule has 0 aromatic heterocycles. The number of carbonyl (C=O) groups excluding carboxylic acids is 2. The third kappa shape index (κ3) is 3.78. The van der Waals surface area contributed by atoms with E-state index >= 15 is 0 Å². The summed E-state index contributed by atoms with van der Waals surface area (Å²) in [5.74, 6) is 0.210. The summed E-state index contributed by atoms with van der Waals surface area (Å²) in [5.41, 5.74) is 1.51. The van der Waals surface area contributed by atoms with Gasteiger partial charge in [0, 0.05) is 28.8 Å². The van der Waals surface area contributed by atoms with Crippen molar-refractivity contribution >= 4 is 11.8 Å². The topological polar surface area (TPSA) is 69.6 Å². The zero-order valence-electron chi connectivity index (χ0n) is 18.5. The van der Waals surface area contributed by atoms with Crippen LogP contribution in [0.1, 0.15) is 63.9 Å². The van der Waals surface area contributed by atoms with Gasteiger partial charge >= 0.3 is 0 Å². The van der Waals surface area contributed by atoms with Gasteiger partial charge in [-0.2, -0.15) is 0 Å². The van der Waals surface area contributed by atoms with Crippen LogP contribution in [-0.4, -0.2) is 28.4 Å². The Morgan fingerprint density at radius 1 is 0.909 bits per heavy atom. The zero-order valence-corrected chi connectivity index (χ0v) is 18.5. The van der Waals surface area contributed by atoms with Gasteiger partial charge in [-0.25, -0.2) is 0 Å². The number of nitrogens with one attached hydrogen (secondary N) is 1. The van der Waals surface area contributed by atoms with Crippen LogP contribution in [0.3, 0.4) is 0 Å². The van der Waals surface area contributed by atoms with Crippen molar-refractivity contribution in [3.63, 3.8) is 0 Å². The zero-order chi connectivity index (χ0) is 22.8. The van der Waals surface area contributed by atoms with Gasteiger partial charge in [0.1, 0.15) is 5.75 Å². The van der Waals surface area contributed by atoms with Crippen molar-refractivity contribution in [3.05, 3.63) is 101 Å². The molecule has 5 heteroatoms. The Labute approximate surface area is 194 Å². The van der Waals surface area contributed by atoms with E-state index < -0.39 is 5.66 Å². The van der Waals surface area contributed by atoms with Crippen LogP contribution in [-0.2, 0) is 5.66 Å². The molecule has 1 aliphatic heterocycles. The highest BCUT2D eigenvalue weighted by Gasteiger charge is 2.52. The van der Waals surface area contributed by atoms with Gasteiger partial charge in [-0.3, -0.25) is 9.59 Å². The Bertz CT molecular complexity index is 1150. The van der Waals surface area contributed by atoms with Crippen LogP contribution < -0.4 is 5.32 Å². The van der Waals surface area contributed by atoms with Crippen molar-refractivity contribution < 1.29 is 14.7 Å². The molecule has 1 heterocycles. The number of benzene rings is 3. The largest absolute Gasteiger partial charge is 0.508 e. The molecule has 0 saturated heterocycles. The molecule has 3 aromatic carbocycles. The Kier molecular flexibility index (Phi) is 5.63. The van der Waals surface area contributed by atoms with E-state index in [-0.39, 0.29) is 17.6 Å². The van der Waals surface area contributed by atoms with Gasteiger partial charge in [0.15, 0.2) is 5.66 Å². The lowest BCUT2D eigenvalue weighted by atomic mass is 9.86. The van der Waals surface area contributed by atoms with Gasteiger partial charge in [-0.05, 0) is 49.1 Å². The molecule has 1 unspecified atom stereocenters. The minimum Gasteiger partial charge on any atom is -0.508 e. The molecule has 1 saturated carbocycles. The molecule has 3 aromatic rings. The number of hydrogen-bond donors (Lipinski definition) is 2. The van der Waals surface area contributed by atoms with Crippen LogP contribution in [0.15, 0.2) is 78.9 Å². The standard InChI is InChI=1S/C28H28N2O3/c31-23-17-15-22(16-18-23)28(29-26(32)21-11-5-2-6-12-21)25-14-8-7-13-24(25)27(33)30(28)19-20-9-3-1-4-10-20/h2,5-8,11-18,20,31H,1,3-4,9-10,19H2,(H,29,32). The molecule has 1 aliphatic carbocycles. The molecule has 0 radical (unpaired) electrons. The minimum absolute atomic E-state index is 0.0717. The van der Waals surface area contributed by atoms with Gasteiger partial charge in [0.25, 0.3) is 11.8 Å². The van der Waals surface area contributed by atoms with E-state index in [1.165, 1.54) is 19.3 Å². The summed E-state index contributed by atoms with van der Waals surface area (Å²) in [6.45, 7) is 0.573. The van der Waals surface area contributed by atoms with Gasteiger partial charge in [0.2, 0.25) is 0 Å². The Morgan fingerprint density at radius 2 is 1.58 bits per heavy atom. The quantitative estimate of drug-likeness (QED) is 0.583. The lowest BCUT2D eigenvalue weighted by Crippen LogP contribution is -2.58. The molecule has 2 N–H and O–H groups in total. The Hall–Kier alpha value is -3.60. The Balaban J connectivity index is 1.66. The van der Waals surface area contributed by atoms with Crippen molar-refractivity contribution in [2.75, 3.05) is 6.54 Å². The molecule has 1 atom stereocenters. The number of phenols is 1. The van der Waals surface area contributed by atoms with E-state index in [9.17, 15) is 14.7 Å². The van der Waals surface area contributed by atoms with Crippen molar-refractivity contribution in [3.8, 4) is 5.75 Å². The van der Waals surface area contributed by atoms with E-state index in [1.54, 1.807) is 36.4 Å². The van der Waals surface area contributed by atoms with E-state index in [1.807, 2.05) is 47.4 Å². The van der Waals surface area contributed by atoms with Crippen LogP contribution in [0.25, 0.3) is 0 Å². The van der Waals surface area contributed by atoms with Crippen molar-refractivity contribution in [1.82, 2.24) is 10.2 Å². The second-order valence-corrected chi connectivity index (χ2v) is 9.04. The molecule has 33 heavy (non-hydrogen) atoms. The molecule has 168 valence electrons. The summed E-state index contributed by atoms with van der Waals surface area (Å²) in [6, 6.07) is 23.4. The van der Waals surface area contributed by atoms with Crippen LogP contribution in [0, 0.1) is 5.92 Å². The number of amides is 2.